The zero-order valence-corrected chi connectivity index (χ0v) is 33.6. The number of hydrogen-bond acceptors (Lipinski definition) is 5. The number of nitrogens with zero attached hydrogens (tertiary/aromatic N) is 6. The fraction of sp³-hybridized carbons (Fsp3) is 0.357. The Morgan fingerprint density at radius 1 is 1.02 bits per heavy atom. The Hall–Kier alpha value is -4.77. The highest BCUT2D eigenvalue weighted by molar-refractivity contribution is 6.35. The molecule has 6 aromatic rings. The molecule has 12 heteroatoms. The average Bonchev–Trinajstić information content (AvgIpc) is 3.74. The SMILES string of the molecule is Cc1cc(OCCCc2c3n(c4c(-c5c(C)nn(C)c5C)c(Cl)ccc24)[C@H](C)CN(c2cn(CCN(C)C)c4ccc(C(=O)O)cc24)C3=O)cc(C)c1Cl. The predicted octanol–water partition coefficient (Wildman–Crippen LogP) is 9.03. The Bertz CT molecular complexity index is 2450. The van der Waals surface area contributed by atoms with Crippen LogP contribution in [-0.4, -0.2) is 74.6 Å². The number of carboxylic acids is 1. The summed E-state index contributed by atoms with van der Waals surface area (Å²) < 4.78 is 12.4. The molecule has 0 radical (unpaired) electrons. The van der Waals surface area contributed by atoms with Crippen LogP contribution in [0.1, 0.15) is 68.3 Å². The predicted molar refractivity (Wildman–Crippen MR) is 217 cm³/mol. The number of carbonyl (C=O) groups excluding carboxylic acids is 1. The lowest BCUT2D eigenvalue weighted by Gasteiger charge is -2.34. The minimum atomic E-state index is -1.01. The number of aryl methyl sites for hydroxylation is 5. The van der Waals surface area contributed by atoms with Crippen molar-refractivity contribution in [2.24, 2.45) is 7.05 Å². The largest absolute Gasteiger partial charge is 0.494 e. The highest BCUT2D eigenvalue weighted by Crippen LogP contribution is 2.46. The molecule has 282 valence electrons. The van der Waals surface area contributed by atoms with Gasteiger partial charge in [0.05, 0.1) is 39.6 Å². The average molecular weight is 770 g/mol. The summed E-state index contributed by atoms with van der Waals surface area (Å²) in [6.07, 6.45) is 3.23. The number of amides is 1. The van der Waals surface area contributed by atoms with Crippen LogP contribution in [0.4, 0.5) is 5.69 Å². The van der Waals surface area contributed by atoms with E-state index in [-0.39, 0.29) is 17.5 Å². The van der Waals surface area contributed by atoms with Crippen molar-refractivity contribution in [1.29, 1.82) is 0 Å². The zero-order valence-electron chi connectivity index (χ0n) is 32.0. The van der Waals surface area contributed by atoms with E-state index in [1.807, 2.05) is 94.9 Å². The van der Waals surface area contributed by atoms with Gasteiger partial charge in [-0.25, -0.2) is 4.79 Å². The maximum atomic E-state index is 15.2. The molecule has 1 aliphatic rings. The second-order valence-corrected chi connectivity index (χ2v) is 15.6. The Morgan fingerprint density at radius 2 is 1.74 bits per heavy atom. The normalized spacial score (nSPS) is 14.5. The van der Waals surface area contributed by atoms with Crippen molar-refractivity contribution in [3.05, 3.63) is 98.0 Å². The first kappa shape index (κ1) is 37.5. The Kier molecular flexibility index (Phi) is 10.1. The molecule has 1 aliphatic heterocycles. The molecule has 0 aliphatic carbocycles. The van der Waals surface area contributed by atoms with Crippen molar-refractivity contribution in [2.45, 2.75) is 60.0 Å². The molecule has 1 atom stereocenters. The first-order valence-electron chi connectivity index (χ1n) is 18.3. The van der Waals surface area contributed by atoms with Gasteiger partial charge in [-0.1, -0.05) is 29.3 Å². The maximum absolute atomic E-state index is 15.2. The summed E-state index contributed by atoms with van der Waals surface area (Å²) in [4.78, 5) is 31.3. The molecule has 0 saturated carbocycles. The topological polar surface area (TPSA) is 97.8 Å². The van der Waals surface area contributed by atoms with Crippen LogP contribution in [0.5, 0.6) is 5.75 Å². The quantitative estimate of drug-likeness (QED) is 0.132. The first-order valence-corrected chi connectivity index (χ1v) is 19.0. The number of anilines is 1. The molecule has 1 N–H and O–H groups in total. The van der Waals surface area contributed by atoms with Crippen molar-refractivity contribution in [3.63, 3.8) is 0 Å². The van der Waals surface area contributed by atoms with Crippen molar-refractivity contribution in [2.75, 3.05) is 38.7 Å². The number of rotatable bonds is 11. The molecule has 0 spiro atoms. The van der Waals surface area contributed by atoms with Gasteiger partial charge >= 0.3 is 5.97 Å². The fourth-order valence-electron chi connectivity index (χ4n) is 8.06. The second-order valence-electron chi connectivity index (χ2n) is 14.8. The highest BCUT2D eigenvalue weighted by atomic mass is 35.5. The van der Waals surface area contributed by atoms with Gasteiger partial charge in [0.2, 0.25) is 0 Å². The number of hydrogen-bond donors (Lipinski definition) is 1. The molecule has 3 aromatic heterocycles. The molecule has 0 bridgehead atoms. The monoisotopic (exact) mass is 768 g/mol. The summed E-state index contributed by atoms with van der Waals surface area (Å²) in [7, 11) is 5.96. The minimum Gasteiger partial charge on any atom is -0.494 e. The lowest BCUT2D eigenvalue weighted by atomic mass is 9.98. The Morgan fingerprint density at radius 3 is 2.39 bits per heavy atom. The van der Waals surface area contributed by atoms with Crippen LogP contribution in [0, 0.1) is 27.7 Å². The van der Waals surface area contributed by atoms with Crippen molar-refractivity contribution >= 4 is 62.6 Å². The van der Waals surface area contributed by atoms with Gasteiger partial charge in [-0.05, 0) is 115 Å². The third-order valence-corrected chi connectivity index (χ3v) is 11.7. The lowest BCUT2D eigenvalue weighted by Crippen LogP contribution is -2.42. The van der Waals surface area contributed by atoms with E-state index < -0.39 is 5.97 Å². The fourth-order valence-corrected chi connectivity index (χ4v) is 8.41. The van der Waals surface area contributed by atoms with Crippen molar-refractivity contribution < 1.29 is 19.4 Å². The molecule has 0 unspecified atom stereocenters. The number of ether oxygens (including phenoxy) is 1. The summed E-state index contributed by atoms with van der Waals surface area (Å²) in [5, 5.41) is 17.7. The minimum absolute atomic E-state index is 0.141. The number of carbonyl (C=O) groups is 2. The van der Waals surface area contributed by atoms with E-state index in [9.17, 15) is 9.90 Å². The first-order chi connectivity index (χ1) is 25.7. The standard InChI is InChI=1S/C42H46Cl2N6O4/c1-23-18-29(19-24(2)38(23)44)54-17-9-10-30-31-12-13-33(43)37(36-26(4)45-47(8)27(36)5)39(31)50-25(3)21-49(41(51)40(30)50)35-22-48(16-15-46(6)7)34-14-11-28(42(52)53)20-32(34)35/h11-14,18-20,22,25H,9-10,15-17,21H2,1-8H3,(H,52,53)/t25-/m1/s1. The third-order valence-electron chi connectivity index (χ3n) is 10.7. The summed E-state index contributed by atoms with van der Waals surface area (Å²) in [6, 6.07) is 12.9. The van der Waals surface area contributed by atoms with Crippen LogP contribution in [0.15, 0.2) is 48.7 Å². The van der Waals surface area contributed by atoms with Crippen LogP contribution >= 0.6 is 23.2 Å². The van der Waals surface area contributed by atoms with Gasteiger partial charge in [-0.15, -0.1) is 0 Å². The molecule has 4 heterocycles. The van der Waals surface area contributed by atoms with Gasteiger partial charge < -0.3 is 28.8 Å². The maximum Gasteiger partial charge on any atom is 0.335 e. The van der Waals surface area contributed by atoms with Gasteiger partial charge in [0.15, 0.2) is 0 Å². The van der Waals surface area contributed by atoms with E-state index in [0.29, 0.717) is 48.9 Å². The van der Waals surface area contributed by atoms with E-state index in [2.05, 4.69) is 21.0 Å². The summed E-state index contributed by atoms with van der Waals surface area (Å²) in [5.74, 6) is -0.392. The van der Waals surface area contributed by atoms with E-state index in [4.69, 9.17) is 33.0 Å². The number of likely N-dealkylation sites (N-methyl/N-ethyl adjacent to an activating group) is 1. The van der Waals surface area contributed by atoms with E-state index in [1.165, 1.54) is 0 Å². The summed E-state index contributed by atoms with van der Waals surface area (Å²) >= 11 is 13.5. The number of carboxylic acid groups (broad SMARTS) is 1. The van der Waals surface area contributed by atoms with Gasteiger partial charge in [0.25, 0.3) is 5.91 Å². The lowest BCUT2D eigenvalue weighted by molar-refractivity contribution is 0.0696. The summed E-state index contributed by atoms with van der Waals surface area (Å²) in [5.41, 5.74) is 9.79. The van der Waals surface area contributed by atoms with Crippen LogP contribution in [0.25, 0.3) is 32.9 Å². The zero-order chi connectivity index (χ0) is 38.7. The smallest absolute Gasteiger partial charge is 0.335 e. The van der Waals surface area contributed by atoms with Crippen LogP contribution in [0.3, 0.4) is 0 Å². The number of halogens is 2. The molecule has 10 nitrogen and oxygen atoms in total. The number of aromatic nitrogens is 4. The van der Waals surface area contributed by atoms with Gasteiger partial charge in [-0.3, -0.25) is 9.48 Å². The molecule has 3 aromatic carbocycles. The third kappa shape index (κ3) is 6.44. The Balaban J connectivity index is 1.38. The van der Waals surface area contributed by atoms with Gasteiger partial charge in [-0.2, -0.15) is 5.10 Å². The highest BCUT2D eigenvalue weighted by Gasteiger charge is 2.38. The molecule has 0 fully saturated rings. The Labute approximate surface area is 325 Å². The van der Waals surface area contributed by atoms with Crippen molar-refractivity contribution in [1.82, 2.24) is 23.8 Å². The second kappa shape index (κ2) is 14.5. The molecule has 1 amide bonds. The molecular formula is C42H46Cl2N6O4. The van der Waals surface area contributed by atoms with Gasteiger partial charge in [0, 0.05) is 71.5 Å². The molecule has 54 heavy (non-hydrogen) atoms. The van der Waals surface area contributed by atoms with Crippen LogP contribution < -0.4 is 9.64 Å². The van der Waals surface area contributed by atoms with E-state index >= 15 is 4.79 Å². The number of benzene rings is 3. The van der Waals surface area contributed by atoms with E-state index in [0.717, 1.165) is 78.3 Å². The molecular weight excluding hydrogens is 723 g/mol. The van der Waals surface area contributed by atoms with E-state index in [1.54, 1.807) is 12.1 Å². The van der Waals surface area contributed by atoms with Crippen molar-refractivity contribution in [3.8, 4) is 16.9 Å². The van der Waals surface area contributed by atoms with Crippen LogP contribution in [0.2, 0.25) is 10.0 Å². The summed E-state index contributed by atoms with van der Waals surface area (Å²) in [6.45, 7) is 12.4. The molecule has 0 saturated heterocycles. The molecule has 7 rings (SSSR count). The number of fused-ring (bicyclic) bond motifs is 4. The number of aromatic carboxylic acids is 1. The van der Waals surface area contributed by atoms with Crippen LogP contribution in [-0.2, 0) is 20.0 Å². The van der Waals surface area contributed by atoms with Gasteiger partial charge in [0.1, 0.15) is 11.4 Å².